The van der Waals surface area contributed by atoms with Gasteiger partial charge in [0.05, 0.1) is 32.7 Å². The molecule has 4 rings (SSSR count). The topological polar surface area (TPSA) is 49.2 Å². The van der Waals surface area contributed by atoms with Crippen molar-refractivity contribution in [3.05, 3.63) is 30.1 Å². The Morgan fingerprint density at radius 2 is 2.05 bits per heavy atom. The van der Waals surface area contributed by atoms with Crippen molar-refractivity contribution < 1.29 is 4.90 Å². The van der Waals surface area contributed by atoms with Crippen molar-refractivity contribution in [3.63, 3.8) is 0 Å². The molecule has 3 heterocycles. The van der Waals surface area contributed by atoms with Gasteiger partial charge in [-0.2, -0.15) is 0 Å². The predicted molar refractivity (Wildman–Crippen MR) is 89.6 cm³/mol. The zero-order valence-electron chi connectivity index (χ0n) is 13.2. The molecule has 1 aromatic carbocycles. The summed E-state index contributed by atoms with van der Waals surface area (Å²) in [5, 5.41) is 1.19. The number of piperazine rings is 1. The first kappa shape index (κ1) is 13.5. The molecule has 0 radical (unpaired) electrons. The van der Waals surface area contributed by atoms with E-state index in [4.69, 9.17) is 0 Å². The van der Waals surface area contributed by atoms with Crippen LogP contribution in [0.25, 0.3) is 21.9 Å². The molecular weight excluding hydrogens is 274 g/mol. The first-order chi connectivity index (χ1) is 10.8. The maximum absolute atomic E-state index is 4.57. The Hall–Kier alpha value is -2.14. The van der Waals surface area contributed by atoms with Gasteiger partial charge in [0, 0.05) is 10.9 Å². The van der Waals surface area contributed by atoms with Crippen LogP contribution in [0.15, 0.2) is 24.5 Å². The van der Waals surface area contributed by atoms with Crippen LogP contribution in [0.3, 0.4) is 0 Å². The number of fused-ring (bicyclic) bond motifs is 3. The Labute approximate surface area is 130 Å². The van der Waals surface area contributed by atoms with Crippen LogP contribution in [0.5, 0.6) is 0 Å². The number of benzene rings is 1. The number of aryl methyl sites for hydroxylation is 1. The normalized spacial score (nSPS) is 16.7. The standard InChI is InChI=1S/C17H21N5/c1-3-21-6-8-22(9-7-21)17-16-15(18-11-19-17)13-10-12(2)4-5-14(13)20-16/h4-5,10-11,20H,3,6-9H2,1-2H3/p+1. The van der Waals surface area contributed by atoms with Crippen LogP contribution < -0.4 is 9.80 Å². The van der Waals surface area contributed by atoms with E-state index in [1.54, 1.807) is 11.2 Å². The molecule has 114 valence electrons. The lowest BCUT2D eigenvalue weighted by molar-refractivity contribution is -0.898. The number of anilines is 1. The van der Waals surface area contributed by atoms with Gasteiger partial charge >= 0.3 is 0 Å². The Morgan fingerprint density at radius 1 is 1.23 bits per heavy atom. The molecule has 0 aliphatic carbocycles. The van der Waals surface area contributed by atoms with Gasteiger partial charge in [-0.25, -0.2) is 9.97 Å². The number of hydrogen-bond acceptors (Lipinski definition) is 3. The number of hydrogen-bond donors (Lipinski definition) is 2. The van der Waals surface area contributed by atoms with Crippen LogP contribution in [-0.4, -0.2) is 47.7 Å². The third-order valence-corrected chi connectivity index (χ3v) is 4.79. The summed E-state index contributed by atoms with van der Waals surface area (Å²) in [4.78, 5) is 16.7. The number of nitrogens with one attached hydrogen (secondary N) is 2. The van der Waals surface area contributed by atoms with E-state index in [2.05, 4.69) is 51.9 Å². The Kier molecular flexibility index (Phi) is 3.22. The van der Waals surface area contributed by atoms with Gasteiger partial charge in [0.25, 0.3) is 0 Å². The molecule has 0 unspecified atom stereocenters. The summed E-state index contributed by atoms with van der Waals surface area (Å²) in [5.74, 6) is 1.05. The van der Waals surface area contributed by atoms with E-state index >= 15 is 0 Å². The highest BCUT2D eigenvalue weighted by atomic mass is 15.3. The first-order valence-electron chi connectivity index (χ1n) is 8.08. The maximum Gasteiger partial charge on any atom is 0.156 e. The summed E-state index contributed by atoms with van der Waals surface area (Å²) in [6, 6.07) is 6.47. The molecule has 0 saturated carbocycles. The van der Waals surface area contributed by atoms with Crippen molar-refractivity contribution in [2.75, 3.05) is 37.6 Å². The zero-order valence-corrected chi connectivity index (χ0v) is 13.2. The van der Waals surface area contributed by atoms with Crippen molar-refractivity contribution in [1.82, 2.24) is 15.0 Å². The van der Waals surface area contributed by atoms with E-state index in [9.17, 15) is 0 Å². The SMILES string of the molecule is CC[NH+]1CCN(c2ncnc3c2[nH]c2ccc(C)cc23)CC1. The monoisotopic (exact) mass is 296 g/mol. The molecular formula is C17H22N5+. The largest absolute Gasteiger partial charge is 0.350 e. The minimum atomic E-state index is 1.04. The van der Waals surface area contributed by atoms with Gasteiger partial charge in [-0.15, -0.1) is 0 Å². The van der Waals surface area contributed by atoms with E-state index in [0.29, 0.717) is 0 Å². The molecule has 2 N–H and O–H groups in total. The number of nitrogens with zero attached hydrogens (tertiary/aromatic N) is 3. The van der Waals surface area contributed by atoms with Crippen molar-refractivity contribution in [3.8, 4) is 0 Å². The maximum atomic E-state index is 4.57. The second-order valence-corrected chi connectivity index (χ2v) is 6.19. The lowest BCUT2D eigenvalue weighted by atomic mass is 10.1. The molecule has 5 nitrogen and oxygen atoms in total. The predicted octanol–water partition coefficient (Wildman–Crippen LogP) is 1.14. The lowest BCUT2D eigenvalue weighted by Gasteiger charge is -2.32. The van der Waals surface area contributed by atoms with E-state index in [1.165, 1.54) is 30.6 Å². The highest BCUT2D eigenvalue weighted by Crippen LogP contribution is 2.29. The van der Waals surface area contributed by atoms with Gasteiger partial charge in [-0.1, -0.05) is 11.6 Å². The molecule has 0 spiro atoms. The van der Waals surface area contributed by atoms with Crippen molar-refractivity contribution in [2.24, 2.45) is 0 Å². The van der Waals surface area contributed by atoms with Crippen molar-refractivity contribution >= 4 is 27.8 Å². The molecule has 1 saturated heterocycles. The van der Waals surface area contributed by atoms with Gasteiger partial charge in [0.15, 0.2) is 5.82 Å². The fraction of sp³-hybridized carbons (Fsp3) is 0.412. The third kappa shape index (κ3) is 2.13. The molecule has 2 aromatic heterocycles. The highest BCUT2D eigenvalue weighted by molar-refractivity contribution is 6.08. The molecule has 22 heavy (non-hydrogen) atoms. The van der Waals surface area contributed by atoms with E-state index in [1.807, 2.05) is 0 Å². The average molecular weight is 296 g/mol. The van der Waals surface area contributed by atoms with Crippen LogP contribution in [0.1, 0.15) is 12.5 Å². The minimum Gasteiger partial charge on any atom is -0.350 e. The Morgan fingerprint density at radius 3 is 2.82 bits per heavy atom. The molecule has 0 amide bonds. The van der Waals surface area contributed by atoms with Crippen LogP contribution in [0.2, 0.25) is 0 Å². The van der Waals surface area contributed by atoms with Gasteiger partial charge in [0.1, 0.15) is 17.4 Å². The van der Waals surface area contributed by atoms with Crippen LogP contribution in [0, 0.1) is 6.92 Å². The van der Waals surface area contributed by atoms with Crippen LogP contribution in [0.4, 0.5) is 5.82 Å². The van der Waals surface area contributed by atoms with Crippen LogP contribution >= 0.6 is 0 Å². The van der Waals surface area contributed by atoms with E-state index in [0.717, 1.165) is 35.5 Å². The zero-order chi connectivity index (χ0) is 15.1. The lowest BCUT2D eigenvalue weighted by Crippen LogP contribution is -3.14. The smallest absolute Gasteiger partial charge is 0.156 e. The van der Waals surface area contributed by atoms with Crippen molar-refractivity contribution in [1.29, 1.82) is 0 Å². The van der Waals surface area contributed by atoms with Gasteiger partial charge in [0.2, 0.25) is 0 Å². The summed E-state index contributed by atoms with van der Waals surface area (Å²) in [5.41, 5.74) is 4.51. The summed E-state index contributed by atoms with van der Waals surface area (Å²) < 4.78 is 0. The minimum absolute atomic E-state index is 1.04. The summed E-state index contributed by atoms with van der Waals surface area (Å²) in [6.45, 7) is 10.1. The second-order valence-electron chi connectivity index (χ2n) is 6.19. The first-order valence-corrected chi connectivity index (χ1v) is 8.08. The number of H-pyrrole nitrogens is 1. The van der Waals surface area contributed by atoms with Crippen molar-refractivity contribution in [2.45, 2.75) is 13.8 Å². The van der Waals surface area contributed by atoms with Gasteiger partial charge in [-0.3, -0.25) is 0 Å². The highest BCUT2D eigenvalue weighted by Gasteiger charge is 2.22. The molecule has 5 heteroatoms. The van der Waals surface area contributed by atoms with E-state index in [-0.39, 0.29) is 0 Å². The summed E-state index contributed by atoms with van der Waals surface area (Å²) in [6.07, 6.45) is 1.70. The number of rotatable bonds is 2. The number of likely N-dealkylation sites (N-methyl/N-ethyl adjacent to an activating group) is 1. The van der Waals surface area contributed by atoms with E-state index < -0.39 is 0 Å². The number of aromatic amines is 1. The quantitative estimate of drug-likeness (QED) is 0.746. The third-order valence-electron chi connectivity index (χ3n) is 4.79. The molecule has 1 aliphatic heterocycles. The summed E-state index contributed by atoms with van der Waals surface area (Å²) in [7, 11) is 0. The number of aromatic nitrogens is 3. The molecule has 1 fully saturated rings. The average Bonchev–Trinajstić information content (AvgIpc) is 2.93. The second kappa shape index (κ2) is 5.25. The fourth-order valence-corrected chi connectivity index (χ4v) is 3.42. The Balaban J connectivity index is 1.80. The van der Waals surface area contributed by atoms with Gasteiger partial charge < -0.3 is 14.8 Å². The van der Waals surface area contributed by atoms with Gasteiger partial charge in [-0.05, 0) is 26.0 Å². The summed E-state index contributed by atoms with van der Waals surface area (Å²) >= 11 is 0. The fourth-order valence-electron chi connectivity index (χ4n) is 3.42. The van der Waals surface area contributed by atoms with Crippen LogP contribution in [-0.2, 0) is 0 Å². The number of quaternary nitrogens is 1. The molecule has 1 aliphatic rings. The molecule has 0 atom stereocenters. The Bertz CT molecular complexity index is 814. The molecule has 0 bridgehead atoms. The molecule has 3 aromatic rings.